The molecule has 0 fully saturated rings. The minimum absolute atomic E-state index is 0.102. The normalized spacial score (nSPS) is 14.2. The quantitative estimate of drug-likeness (QED) is 0.0222. The second kappa shape index (κ2) is 60.3. The molecule has 87 heavy (non-hydrogen) atoms. The number of esters is 4. The van der Waals surface area contributed by atoms with Gasteiger partial charge in [-0.05, 0) is 37.5 Å². The molecule has 17 nitrogen and oxygen atoms in total. The van der Waals surface area contributed by atoms with Gasteiger partial charge in [0.05, 0.1) is 26.4 Å². The van der Waals surface area contributed by atoms with Gasteiger partial charge in [0.2, 0.25) is 0 Å². The highest BCUT2D eigenvalue weighted by Crippen LogP contribution is 2.45. The number of hydrogen-bond donors (Lipinski definition) is 3. The van der Waals surface area contributed by atoms with E-state index < -0.39 is 97.5 Å². The largest absolute Gasteiger partial charge is 0.472 e. The minimum atomic E-state index is -4.95. The van der Waals surface area contributed by atoms with Crippen molar-refractivity contribution in [1.29, 1.82) is 0 Å². The third-order valence-electron chi connectivity index (χ3n) is 15.7. The van der Waals surface area contributed by atoms with Gasteiger partial charge in [-0.25, -0.2) is 9.13 Å². The van der Waals surface area contributed by atoms with Gasteiger partial charge >= 0.3 is 39.5 Å². The Morgan fingerprint density at radius 2 is 0.529 bits per heavy atom. The molecule has 0 radical (unpaired) electrons. The molecule has 0 aliphatic carbocycles. The fourth-order valence-electron chi connectivity index (χ4n) is 10.2. The molecule has 0 aliphatic rings. The number of aliphatic hydroxyl groups is 1. The molecule has 0 aromatic rings. The third kappa shape index (κ3) is 62.6. The maximum absolute atomic E-state index is 13.0. The number of ether oxygens (including phenoxy) is 4. The van der Waals surface area contributed by atoms with Crippen LogP contribution in [-0.2, 0) is 65.4 Å². The smallest absolute Gasteiger partial charge is 0.462 e. The van der Waals surface area contributed by atoms with Crippen LogP contribution in [0.5, 0.6) is 0 Å². The summed E-state index contributed by atoms with van der Waals surface area (Å²) in [7, 11) is -9.89. The molecule has 0 aromatic heterocycles. The molecular formula is C68H132O17P2. The fourth-order valence-corrected chi connectivity index (χ4v) is 11.8. The second-order valence-corrected chi connectivity index (χ2v) is 28.4. The standard InChI is InChI=1S/C68H132O17P2/c1-7-9-11-13-15-17-18-24-28-32-39-45-51-66(71)79-56-63(84-67(72)52-46-40-33-29-25-22-20-19-21-23-27-30-36-42-48-60(3)4)58-82-86(74,75)80-54-62(69)55-81-87(76,77)83-59-64(85-68(73)53-47-41-35-34-37-43-49-61(5)6)57-78-65(70)50-44-38-31-26-16-14-12-10-8-2/h60-64,69H,7-59H2,1-6H3,(H,74,75)(H,76,77)/t62-,63-,64-/m1/s1. The Kier molecular flexibility index (Phi) is 59.0. The summed E-state index contributed by atoms with van der Waals surface area (Å²) < 4.78 is 68.1. The van der Waals surface area contributed by atoms with Crippen molar-refractivity contribution in [3.63, 3.8) is 0 Å². The molecule has 0 aliphatic heterocycles. The number of phosphoric acid groups is 2. The van der Waals surface area contributed by atoms with Crippen molar-refractivity contribution in [2.75, 3.05) is 39.6 Å². The zero-order valence-corrected chi connectivity index (χ0v) is 58.1. The Morgan fingerprint density at radius 3 is 0.782 bits per heavy atom. The van der Waals surface area contributed by atoms with E-state index in [1.165, 1.54) is 161 Å². The minimum Gasteiger partial charge on any atom is -0.462 e. The van der Waals surface area contributed by atoms with Crippen LogP contribution in [0.3, 0.4) is 0 Å². The summed E-state index contributed by atoms with van der Waals surface area (Å²) in [5, 5.41) is 10.6. The summed E-state index contributed by atoms with van der Waals surface area (Å²) in [5.74, 6) is -0.667. The van der Waals surface area contributed by atoms with Crippen molar-refractivity contribution in [2.45, 2.75) is 362 Å². The predicted octanol–water partition coefficient (Wildman–Crippen LogP) is 19.2. The maximum atomic E-state index is 13.0. The highest BCUT2D eigenvalue weighted by molar-refractivity contribution is 7.47. The Morgan fingerprint density at radius 1 is 0.310 bits per heavy atom. The molecule has 0 saturated heterocycles. The van der Waals surface area contributed by atoms with Crippen molar-refractivity contribution in [1.82, 2.24) is 0 Å². The molecule has 5 atom stereocenters. The summed E-state index contributed by atoms with van der Waals surface area (Å²) in [5.41, 5.74) is 0. The van der Waals surface area contributed by atoms with Gasteiger partial charge in [0.25, 0.3) is 0 Å². The fraction of sp³-hybridized carbons (Fsp3) is 0.941. The number of phosphoric ester groups is 2. The third-order valence-corrected chi connectivity index (χ3v) is 17.6. The first kappa shape index (κ1) is 85.1. The van der Waals surface area contributed by atoms with Crippen LogP contribution in [0.15, 0.2) is 0 Å². The monoisotopic (exact) mass is 1280 g/mol. The highest BCUT2D eigenvalue weighted by atomic mass is 31.2. The summed E-state index contributed by atoms with van der Waals surface area (Å²) in [4.78, 5) is 72.3. The van der Waals surface area contributed by atoms with Crippen LogP contribution < -0.4 is 0 Å². The average molecular weight is 1280 g/mol. The van der Waals surface area contributed by atoms with Crippen LogP contribution in [0.4, 0.5) is 0 Å². The summed E-state index contributed by atoms with van der Waals surface area (Å²) in [6, 6.07) is 0. The Labute approximate surface area is 530 Å². The van der Waals surface area contributed by atoms with E-state index in [9.17, 15) is 43.2 Å². The van der Waals surface area contributed by atoms with E-state index >= 15 is 0 Å². The SMILES string of the molecule is CCCCCCCCCCCCCCC(=O)OC[C@H](COP(=O)(O)OC[C@@H](O)COP(=O)(O)OC[C@@H](COC(=O)CCCCCCCCCCC)OC(=O)CCCCCCCCC(C)C)OC(=O)CCCCCCCCCCCCCCCCC(C)C. The first-order chi connectivity index (χ1) is 41.9. The van der Waals surface area contributed by atoms with Crippen LogP contribution in [-0.4, -0.2) is 96.7 Å². The van der Waals surface area contributed by atoms with E-state index in [0.29, 0.717) is 31.6 Å². The van der Waals surface area contributed by atoms with E-state index in [1.807, 2.05) is 0 Å². The lowest BCUT2D eigenvalue weighted by Crippen LogP contribution is -2.30. The van der Waals surface area contributed by atoms with Gasteiger partial charge in [0.1, 0.15) is 19.3 Å². The van der Waals surface area contributed by atoms with Gasteiger partial charge < -0.3 is 33.8 Å². The van der Waals surface area contributed by atoms with Gasteiger partial charge in [-0.3, -0.25) is 37.3 Å². The topological polar surface area (TPSA) is 237 Å². The summed E-state index contributed by atoms with van der Waals surface area (Å²) in [6.07, 6.45) is 44.6. The summed E-state index contributed by atoms with van der Waals surface area (Å²) in [6.45, 7) is 9.45. The molecule has 0 bridgehead atoms. The Hall–Kier alpha value is -1.94. The zero-order chi connectivity index (χ0) is 64.3. The Bertz CT molecular complexity index is 1700. The van der Waals surface area contributed by atoms with Gasteiger partial charge in [0, 0.05) is 25.7 Å². The van der Waals surface area contributed by atoms with Crippen molar-refractivity contribution in [2.24, 2.45) is 11.8 Å². The van der Waals surface area contributed by atoms with Crippen molar-refractivity contribution in [3.05, 3.63) is 0 Å². The van der Waals surface area contributed by atoms with Gasteiger partial charge in [-0.1, -0.05) is 292 Å². The highest BCUT2D eigenvalue weighted by Gasteiger charge is 2.30. The van der Waals surface area contributed by atoms with E-state index in [-0.39, 0.29) is 25.7 Å². The molecule has 0 heterocycles. The second-order valence-electron chi connectivity index (χ2n) is 25.5. The first-order valence-corrected chi connectivity index (χ1v) is 38.5. The lowest BCUT2D eigenvalue weighted by atomic mass is 10.0. The summed E-state index contributed by atoms with van der Waals surface area (Å²) >= 11 is 0. The molecule has 516 valence electrons. The van der Waals surface area contributed by atoms with Crippen LogP contribution in [0.1, 0.15) is 343 Å². The molecular weight excluding hydrogens is 1150 g/mol. The molecule has 3 N–H and O–H groups in total. The maximum Gasteiger partial charge on any atom is 0.472 e. The van der Waals surface area contributed by atoms with Crippen molar-refractivity contribution >= 4 is 39.5 Å². The van der Waals surface area contributed by atoms with Gasteiger partial charge in [-0.15, -0.1) is 0 Å². The van der Waals surface area contributed by atoms with Gasteiger partial charge in [0.15, 0.2) is 12.2 Å². The predicted molar refractivity (Wildman–Crippen MR) is 349 cm³/mol. The first-order valence-electron chi connectivity index (χ1n) is 35.5. The van der Waals surface area contributed by atoms with Crippen LogP contribution in [0.2, 0.25) is 0 Å². The van der Waals surface area contributed by atoms with E-state index in [2.05, 4.69) is 41.5 Å². The number of unbranched alkanes of at least 4 members (excludes halogenated alkanes) is 37. The lowest BCUT2D eigenvalue weighted by molar-refractivity contribution is -0.161. The van der Waals surface area contributed by atoms with Crippen LogP contribution >= 0.6 is 15.6 Å². The number of rotatable bonds is 67. The molecule has 0 rings (SSSR count). The molecule has 0 amide bonds. The van der Waals surface area contributed by atoms with Crippen LogP contribution in [0, 0.1) is 11.8 Å². The molecule has 19 heteroatoms. The molecule has 0 saturated carbocycles. The zero-order valence-electron chi connectivity index (χ0n) is 56.3. The van der Waals surface area contributed by atoms with Crippen LogP contribution in [0.25, 0.3) is 0 Å². The van der Waals surface area contributed by atoms with E-state index in [1.54, 1.807) is 0 Å². The van der Waals surface area contributed by atoms with Crippen molar-refractivity contribution < 1.29 is 80.2 Å². The molecule has 2 unspecified atom stereocenters. The number of hydrogen-bond acceptors (Lipinski definition) is 15. The number of carbonyl (C=O) groups excluding carboxylic acids is 4. The van der Waals surface area contributed by atoms with E-state index in [0.717, 1.165) is 95.8 Å². The number of carbonyl (C=O) groups is 4. The molecule has 0 spiro atoms. The number of aliphatic hydroxyl groups excluding tert-OH is 1. The van der Waals surface area contributed by atoms with Crippen molar-refractivity contribution in [3.8, 4) is 0 Å². The van der Waals surface area contributed by atoms with Gasteiger partial charge in [-0.2, -0.15) is 0 Å². The molecule has 0 aromatic carbocycles. The van der Waals surface area contributed by atoms with E-state index in [4.69, 9.17) is 37.0 Å². The average Bonchev–Trinajstić information content (AvgIpc) is 3.68. The lowest BCUT2D eigenvalue weighted by Gasteiger charge is -2.21. The Balaban J connectivity index is 5.21.